The summed E-state index contributed by atoms with van der Waals surface area (Å²) >= 11 is 0. The van der Waals surface area contributed by atoms with Crippen molar-refractivity contribution in [1.82, 2.24) is 5.06 Å². The molecule has 11 nitrogen and oxygen atoms in total. The van der Waals surface area contributed by atoms with E-state index >= 15 is 0 Å². The second-order valence-corrected chi connectivity index (χ2v) is 6.97. The first-order chi connectivity index (χ1) is 13.6. The van der Waals surface area contributed by atoms with Gasteiger partial charge in [-0.25, -0.2) is 0 Å². The predicted octanol–water partition coefficient (Wildman–Crippen LogP) is -0.252. The molecule has 2 bridgehead atoms. The van der Waals surface area contributed by atoms with Crippen LogP contribution in [0.1, 0.15) is 34.1 Å². The minimum Gasteiger partial charge on any atom is -0.462 e. The second-order valence-electron chi connectivity index (χ2n) is 6.97. The van der Waals surface area contributed by atoms with Crippen LogP contribution in [0.3, 0.4) is 0 Å². The molecule has 0 radical (unpaired) electrons. The van der Waals surface area contributed by atoms with Crippen LogP contribution in [0.5, 0.6) is 0 Å². The molecule has 0 unspecified atom stereocenters. The summed E-state index contributed by atoms with van der Waals surface area (Å²) in [4.78, 5) is 52.1. The average molecular weight is 417 g/mol. The fourth-order valence-corrected chi connectivity index (χ4v) is 3.52. The highest BCUT2D eigenvalue weighted by Crippen LogP contribution is 2.33. The molecular weight excluding hydrogens is 390 g/mol. The number of hydrogen-bond donors (Lipinski definition) is 0. The monoisotopic (exact) mass is 417 g/mol. The molecule has 0 aromatic rings. The number of fused-ring (bicyclic) bond motifs is 2. The molecule has 164 valence electrons. The van der Waals surface area contributed by atoms with Crippen LogP contribution in [0.2, 0.25) is 0 Å². The van der Waals surface area contributed by atoms with Crippen molar-refractivity contribution in [3.05, 3.63) is 0 Å². The zero-order valence-electron chi connectivity index (χ0n) is 17.1. The third-order valence-corrected chi connectivity index (χ3v) is 4.53. The van der Waals surface area contributed by atoms with Crippen molar-refractivity contribution in [3.8, 4) is 0 Å². The smallest absolute Gasteiger partial charge is 0.303 e. The number of rotatable bonds is 7. The Morgan fingerprint density at radius 1 is 1.00 bits per heavy atom. The standard InChI is InChI=1S/C18H27NO10/c1-9(20)24-8-15(26-10(2)21)17(28-12(4)23)18-16(27-11(3)22)14-6-13(7-25-18)29-19(14)5/h13-18H,6-8H2,1-5H3/t13-,14+,15-,16-,17-,18+/m1/s1. The first kappa shape index (κ1) is 23.0. The lowest BCUT2D eigenvalue weighted by Crippen LogP contribution is -2.57. The average Bonchev–Trinajstić information content (AvgIpc) is 2.86. The molecule has 2 fully saturated rings. The number of hydroxylamine groups is 2. The summed E-state index contributed by atoms with van der Waals surface area (Å²) in [6.45, 7) is 4.58. The minimum atomic E-state index is -1.19. The van der Waals surface area contributed by atoms with E-state index in [9.17, 15) is 19.2 Å². The van der Waals surface area contributed by atoms with Crippen LogP contribution in [0.4, 0.5) is 0 Å². The molecule has 2 aliphatic heterocycles. The molecule has 2 heterocycles. The summed E-state index contributed by atoms with van der Waals surface area (Å²) in [6.07, 6.45) is -3.96. The van der Waals surface area contributed by atoms with E-state index in [0.29, 0.717) is 6.42 Å². The maximum Gasteiger partial charge on any atom is 0.303 e. The summed E-state index contributed by atoms with van der Waals surface area (Å²) in [6, 6.07) is -0.374. The first-order valence-corrected chi connectivity index (χ1v) is 9.24. The van der Waals surface area contributed by atoms with Crippen molar-refractivity contribution in [2.75, 3.05) is 20.3 Å². The lowest BCUT2D eigenvalue weighted by atomic mass is 9.95. The van der Waals surface area contributed by atoms with E-state index in [-0.39, 0.29) is 25.4 Å². The fourth-order valence-electron chi connectivity index (χ4n) is 3.52. The van der Waals surface area contributed by atoms with Gasteiger partial charge in [0.05, 0.1) is 12.6 Å². The van der Waals surface area contributed by atoms with E-state index in [4.69, 9.17) is 28.5 Å². The van der Waals surface area contributed by atoms with Crippen molar-refractivity contribution in [2.24, 2.45) is 0 Å². The van der Waals surface area contributed by atoms with Gasteiger partial charge in [-0.2, -0.15) is 5.06 Å². The zero-order valence-corrected chi connectivity index (χ0v) is 17.1. The topological polar surface area (TPSA) is 127 Å². The fraction of sp³-hybridized carbons (Fsp3) is 0.778. The number of ether oxygens (including phenoxy) is 5. The number of esters is 4. The van der Waals surface area contributed by atoms with Crippen LogP contribution in [-0.4, -0.2) is 85.8 Å². The molecule has 2 saturated heterocycles. The quantitative estimate of drug-likeness (QED) is 0.402. The molecule has 0 aromatic carbocycles. The van der Waals surface area contributed by atoms with Gasteiger partial charge in [-0.15, -0.1) is 0 Å². The van der Waals surface area contributed by atoms with E-state index in [1.54, 1.807) is 12.1 Å². The number of hydrogen-bond acceptors (Lipinski definition) is 11. The molecule has 0 aromatic heterocycles. The summed E-state index contributed by atoms with van der Waals surface area (Å²) < 4.78 is 27.1. The molecular formula is C18H27NO10. The third-order valence-electron chi connectivity index (χ3n) is 4.53. The van der Waals surface area contributed by atoms with Gasteiger partial charge in [-0.3, -0.25) is 24.0 Å². The molecule has 11 heteroatoms. The van der Waals surface area contributed by atoms with E-state index in [0.717, 1.165) is 0 Å². The van der Waals surface area contributed by atoms with Crippen LogP contribution in [0.25, 0.3) is 0 Å². The normalized spacial score (nSPS) is 28.6. The van der Waals surface area contributed by atoms with Crippen LogP contribution in [0, 0.1) is 0 Å². The Hall–Kier alpha value is -2.24. The van der Waals surface area contributed by atoms with E-state index < -0.39 is 48.3 Å². The number of nitrogens with zero attached hydrogens (tertiary/aromatic N) is 1. The maximum absolute atomic E-state index is 11.8. The van der Waals surface area contributed by atoms with Gasteiger partial charge in [0.2, 0.25) is 0 Å². The largest absolute Gasteiger partial charge is 0.462 e. The maximum atomic E-state index is 11.8. The van der Waals surface area contributed by atoms with Gasteiger partial charge in [0.25, 0.3) is 0 Å². The van der Waals surface area contributed by atoms with Crippen molar-refractivity contribution in [2.45, 2.75) is 70.7 Å². The minimum absolute atomic E-state index is 0.140. The molecule has 2 rings (SSSR count). The van der Waals surface area contributed by atoms with Gasteiger partial charge in [0.1, 0.15) is 24.9 Å². The Morgan fingerprint density at radius 3 is 2.21 bits per heavy atom. The van der Waals surface area contributed by atoms with Gasteiger partial charge >= 0.3 is 23.9 Å². The Bertz CT molecular complexity index is 638. The molecule has 0 saturated carbocycles. The van der Waals surface area contributed by atoms with E-state index in [1.165, 1.54) is 27.7 Å². The van der Waals surface area contributed by atoms with Crippen LogP contribution in [-0.2, 0) is 47.7 Å². The Kier molecular flexibility index (Phi) is 7.94. The summed E-state index contributed by atoms with van der Waals surface area (Å²) in [7, 11) is 1.70. The highest BCUT2D eigenvalue weighted by Gasteiger charge is 2.51. The lowest BCUT2D eigenvalue weighted by Gasteiger charge is -2.38. The van der Waals surface area contributed by atoms with Gasteiger partial charge in [0.15, 0.2) is 12.2 Å². The number of likely N-dealkylation sites (N-methyl/N-ethyl adjacent to an activating group) is 1. The summed E-state index contributed by atoms with van der Waals surface area (Å²) in [5.74, 6) is -2.50. The first-order valence-electron chi connectivity index (χ1n) is 9.24. The third kappa shape index (κ3) is 6.38. The second kappa shape index (κ2) is 9.99. The molecule has 0 spiro atoms. The van der Waals surface area contributed by atoms with Crippen LogP contribution < -0.4 is 0 Å². The lowest BCUT2D eigenvalue weighted by molar-refractivity contribution is -0.240. The van der Waals surface area contributed by atoms with Gasteiger partial charge < -0.3 is 23.7 Å². The molecule has 6 atom stereocenters. The van der Waals surface area contributed by atoms with Gasteiger partial charge in [0, 0.05) is 34.7 Å². The molecule has 0 aliphatic carbocycles. The van der Waals surface area contributed by atoms with Crippen molar-refractivity contribution < 1.29 is 47.7 Å². The van der Waals surface area contributed by atoms with Gasteiger partial charge in [-0.1, -0.05) is 0 Å². The number of carbonyl (C=O) groups is 4. The van der Waals surface area contributed by atoms with Crippen molar-refractivity contribution in [3.63, 3.8) is 0 Å². The Morgan fingerprint density at radius 2 is 1.66 bits per heavy atom. The summed E-state index contributed by atoms with van der Waals surface area (Å²) in [5.41, 5.74) is 0. The molecule has 0 amide bonds. The Balaban J connectivity index is 2.38. The van der Waals surface area contributed by atoms with Crippen LogP contribution >= 0.6 is 0 Å². The molecule has 0 N–H and O–H groups in total. The van der Waals surface area contributed by atoms with E-state index in [1.807, 2.05) is 0 Å². The SMILES string of the molecule is CC(=O)OC[C@@H](OC(C)=O)[C@@H](OC(C)=O)[C@H]1OC[C@H]2C[C@@H]([C@H]1OC(C)=O)N(C)O2. The predicted molar refractivity (Wildman–Crippen MR) is 94.1 cm³/mol. The highest BCUT2D eigenvalue weighted by atomic mass is 16.7. The van der Waals surface area contributed by atoms with Crippen molar-refractivity contribution >= 4 is 23.9 Å². The highest BCUT2D eigenvalue weighted by molar-refractivity contribution is 5.68. The van der Waals surface area contributed by atoms with E-state index in [2.05, 4.69) is 0 Å². The molecule has 2 aliphatic rings. The van der Waals surface area contributed by atoms with Crippen LogP contribution in [0.15, 0.2) is 0 Å². The Labute approximate surface area is 168 Å². The van der Waals surface area contributed by atoms with Crippen molar-refractivity contribution in [1.29, 1.82) is 0 Å². The zero-order chi connectivity index (χ0) is 21.7. The van der Waals surface area contributed by atoms with Gasteiger partial charge in [-0.05, 0) is 6.42 Å². The molecule has 29 heavy (non-hydrogen) atoms. The number of carbonyl (C=O) groups excluding carboxylic acids is 4. The summed E-state index contributed by atoms with van der Waals surface area (Å²) in [5, 5.41) is 1.57.